The maximum Gasteiger partial charge on any atom is 0.308 e. The van der Waals surface area contributed by atoms with Crippen molar-refractivity contribution in [2.45, 2.75) is 39.5 Å². The molecule has 0 aliphatic heterocycles. The van der Waals surface area contributed by atoms with Crippen molar-refractivity contribution < 1.29 is 9.53 Å². The van der Waals surface area contributed by atoms with E-state index >= 15 is 0 Å². The first kappa shape index (κ1) is 13.5. The lowest BCUT2D eigenvalue weighted by atomic mass is 9.82. The molecule has 1 aromatic carbocycles. The number of benzene rings is 1. The first-order valence-corrected chi connectivity index (χ1v) is 6.43. The highest BCUT2D eigenvalue weighted by Crippen LogP contribution is 2.32. The second-order valence-corrected chi connectivity index (χ2v) is 5.63. The molecular weight excluding hydrogens is 315 g/mol. The van der Waals surface area contributed by atoms with Gasteiger partial charge < -0.3 is 4.74 Å². The Balaban J connectivity index is 3.05. The molecule has 0 aliphatic carbocycles. The normalized spacial score (nSPS) is 11.3. The molecule has 0 saturated carbocycles. The second kappa shape index (κ2) is 5.17. The molecule has 0 amide bonds. The molecule has 0 unspecified atom stereocenters. The first-order valence-electron chi connectivity index (χ1n) is 5.35. The summed E-state index contributed by atoms with van der Waals surface area (Å²) in [6, 6.07) is 5.81. The van der Waals surface area contributed by atoms with Crippen LogP contribution in [0.1, 0.15) is 39.7 Å². The highest BCUT2D eigenvalue weighted by Gasteiger charge is 2.21. The Morgan fingerprint density at radius 1 is 1.44 bits per heavy atom. The summed E-state index contributed by atoms with van der Waals surface area (Å²) in [7, 11) is 0. The van der Waals surface area contributed by atoms with Crippen LogP contribution in [-0.4, -0.2) is 5.97 Å². The van der Waals surface area contributed by atoms with Gasteiger partial charge in [-0.15, -0.1) is 0 Å². The zero-order valence-corrected chi connectivity index (χ0v) is 12.3. The van der Waals surface area contributed by atoms with Crippen molar-refractivity contribution >= 4 is 28.6 Å². The molecule has 2 nitrogen and oxygen atoms in total. The number of esters is 1. The monoisotopic (exact) mass is 332 g/mol. The molecule has 88 valence electrons. The third-order valence-corrected chi connectivity index (χ3v) is 3.71. The second-order valence-electron chi connectivity index (χ2n) is 4.47. The number of halogens is 1. The Kier molecular flexibility index (Phi) is 4.35. The van der Waals surface area contributed by atoms with Crippen LogP contribution in [0.4, 0.5) is 0 Å². The van der Waals surface area contributed by atoms with E-state index in [2.05, 4.69) is 43.4 Å². The highest BCUT2D eigenvalue weighted by atomic mass is 127. The number of carbonyl (C=O) groups is 1. The quantitative estimate of drug-likeness (QED) is 0.477. The van der Waals surface area contributed by atoms with Crippen molar-refractivity contribution in [2.75, 3.05) is 0 Å². The minimum atomic E-state index is -0.279. The van der Waals surface area contributed by atoms with Gasteiger partial charge in [-0.2, -0.15) is 0 Å². The van der Waals surface area contributed by atoms with E-state index in [1.54, 1.807) is 0 Å². The number of rotatable bonds is 3. The molecule has 0 bridgehead atoms. The van der Waals surface area contributed by atoms with Crippen molar-refractivity contribution in [3.05, 3.63) is 27.3 Å². The molecule has 0 atom stereocenters. The summed E-state index contributed by atoms with van der Waals surface area (Å²) >= 11 is 2.29. The van der Waals surface area contributed by atoms with Gasteiger partial charge >= 0.3 is 5.97 Å². The highest BCUT2D eigenvalue weighted by molar-refractivity contribution is 14.1. The molecule has 1 aromatic rings. The van der Waals surface area contributed by atoms with E-state index in [-0.39, 0.29) is 11.4 Å². The zero-order valence-electron chi connectivity index (χ0n) is 10.1. The molecule has 16 heavy (non-hydrogen) atoms. The Hall–Kier alpha value is -0.580. The summed E-state index contributed by atoms with van der Waals surface area (Å²) in [5.41, 5.74) is 1.46. The minimum absolute atomic E-state index is 0.158. The van der Waals surface area contributed by atoms with Crippen LogP contribution < -0.4 is 4.74 Å². The number of hydrogen-bond acceptors (Lipinski definition) is 2. The summed E-state index contributed by atoms with van der Waals surface area (Å²) in [5.74, 6) is 0.339. The van der Waals surface area contributed by atoms with E-state index < -0.39 is 0 Å². The first-order chi connectivity index (χ1) is 7.36. The Labute approximate surface area is 111 Å². The lowest BCUT2D eigenvalue weighted by molar-refractivity contribution is -0.131. The van der Waals surface area contributed by atoms with Crippen LogP contribution in [-0.2, 0) is 10.2 Å². The molecule has 0 heterocycles. The summed E-state index contributed by atoms with van der Waals surface area (Å²) in [4.78, 5) is 10.8. The summed E-state index contributed by atoms with van der Waals surface area (Å²) < 4.78 is 6.19. The Morgan fingerprint density at radius 2 is 2.06 bits per heavy atom. The van der Waals surface area contributed by atoms with Crippen LogP contribution in [0.25, 0.3) is 0 Å². The third-order valence-electron chi connectivity index (χ3n) is 2.82. The lowest BCUT2D eigenvalue weighted by Gasteiger charge is -2.25. The average molecular weight is 332 g/mol. The lowest BCUT2D eigenvalue weighted by Crippen LogP contribution is -2.17. The van der Waals surface area contributed by atoms with Gasteiger partial charge in [0.05, 0.1) is 0 Å². The minimum Gasteiger partial charge on any atom is -0.427 e. The van der Waals surface area contributed by atoms with Gasteiger partial charge in [0.25, 0.3) is 0 Å². The van der Waals surface area contributed by atoms with Gasteiger partial charge in [0.2, 0.25) is 0 Å². The Bertz CT molecular complexity index is 397. The predicted octanol–water partition coefficient (Wildman–Crippen LogP) is 3.90. The topological polar surface area (TPSA) is 26.3 Å². The van der Waals surface area contributed by atoms with E-state index in [9.17, 15) is 4.79 Å². The molecule has 0 aliphatic rings. The number of ether oxygens (including phenoxy) is 1. The van der Waals surface area contributed by atoms with Crippen LogP contribution in [0.5, 0.6) is 5.75 Å². The van der Waals surface area contributed by atoms with E-state index in [1.165, 1.54) is 12.5 Å². The third kappa shape index (κ3) is 3.20. The van der Waals surface area contributed by atoms with Gasteiger partial charge in [-0.05, 0) is 52.1 Å². The van der Waals surface area contributed by atoms with Gasteiger partial charge in [-0.1, -0.05) is 26.8 Å². The SMILES string of the molecule is CCC(C)(C)c1ccc(OC(C)=O)cc1I. The van der Waals surface area contributed by atoms with E-state index in [1.807, 2.05) is 18.2 Å². The van der Waals surface area contributed by atoms with Crippen molar-refractivity contribution in [3.63, 3.8) is 0 Å². The average Bonchev–Trinajstić information content (AvgIpc) is 2.16. The van der Waals surface area contributed by atoms with E-state index in [4.69, 9.17) is 4.74 Å². The van der Waals surface area contributed by atoms with Crippen LogP contribution >= 0.6 is 22.6 Å². The summed E-state index contributed by atoms with van der Waals surface area (Å²) in [6.07, 6.45) is 1.08. The molecule has 1 rings (SSSR count). The van der Waals surface area contributed by atoms with Crippen molar-refractivity contribution in [2.24, 2.45) is 0 Å². The van der Waals surface area contributed by atoms with Crippen LogP contribution in [0.15, 0.2) is 18.2 Å². The van der Waals surface area contributed by atoms with Crippen molar-refractivity contribution in [1.82, 2.24) is 0 Å². The molecule has 0 fully saturated rings. The van der Waals surface area contributed by atoms with Crippen LogP contribution in [0.2, 0.25) is 0 Å². The zero-order chi connectivity index (χ0) is 12.3. The number of carbonyl (C=O) groups excluding carboxylic acids is 1. The fraction of sp³-hybridized carbons (Fsp3) is 0.462. The van der Waals surface area contributed by atoms with Gasteiger partial charge in [0.1, 0.15) is 5.75 Å². The maximum absolute atomic E-state index is 10.8. The maximum atomic E-state index is 10.8. The molecule has 0 aromatic heterocycles. The largest absolute Gasteiger partial charge is 0.427 e. The molecular formula is C13H17IO2. The fourth-order valence-electron chi connectivity index (χ4n) is 1.46. The van der Waals surface area contributed by atoms with Gasteiger partial charge in [-0.3, -0.25) is 4.79 Å². The van der Waals surface area contributed by atoms with E-state index in [0.717, 1.165) is 9.99 Å². The smallest absolute Gasteiger partial charge is 0.308 e. The van der Waals surface area contributed by atoms with Gasteiger partial charge in [-0.25, -0.2) is 0 Å². The number of hydrogen-bond donors (Lipinski definition) is 0. The Morgan fingerprint density at radius 3 is 2.50 bits per heavy atom. The summed E-state index contributed by atoms with van der Waals surface area (Å²) in [5, 5.41) is 0. The van der Waals surface area contributed by atoms with Crippen LogP contribution in [0, 0.1) is 3.57 Å². The summed E-state index contributed by atoms with van der Waals surface area (Å²) in [6.45, 7) is 8.03. The molecule has 3 heteroatoms. The fourth-order valence-corrected chi connectivity index (χ4v) is 2.68. The van der Waals surface area contributed by atoms with Gasteiger partial charge in [0.15, 0.2) is 0 Å². The van der Waals surface area contributed by atoms with E-state index in [0.29, 0.717) is 5.75 Å². The standard InChI is InChI=1S/C13H17IO2/c1-5-13(3,4)11-7-6-10(8-12(11)14)16-9(2)15/h6-8H,5H2,1-4H3. The van der Waals surface area contributed by atoms with Crippen molar-refractivity contribution in [3.8, 4) is 5.75 Å². The molecule has 0 N–H and O–H groups in total. The van der Waals surface area contributed by atoms with Crippen molar-refractivity contribution in [1.29, 1.82) is 0 Å². The predicted molar refractivity (Wildman–Crippen MR) is 73.8 cm³/mol. The van der Waals surface area contributed by atoms with Crippen LogP contribution in [0.3, 0.4) is 0 Å². The molecule has 0 spiro atoms. The molecule has 0 saturated heterocycles. The van der Waals surface area contributed by atoms with Gasteiger partial charge in [0, 0.05) is 10.5 Å². The molecule has 0 radical (unpaired) electrons.